The minimum atomic E-state index is -0.272. The maximum atomic E-state index is 12.3. The Morgan fingerprint density at radius 2 is 1.84 bits per heavy atom. The molecule has 3 aliphatic heterocycles. The van der Waals surface area contributed by atoms with E-state index in [1.165, 1.54) is 0 Å². The van der Waals surface area contributed by atoms with Crippen molar-refractivity contribution in [1.29, 1.82) is 0 Å². The van der Waals surface area contributed by atoms with Gasteiger partial charge in [0, 0.05) is 37.4 Å². The van der Waals surface area contributed by atoms with E-state index in [9.17, 15) is 9.59 Å². The summed E-state index contributed by atoms with van der Waals surface area (Å²) in [5.74, 6) is 1.48. The highest BCUT2D eigenvalue weighted by Gasteiger charge is 2.33. The zero-order valence-electron chi connectivity index (χ0n) is 21.3. The summed E-state index contributed by atoms with van der Waals surface area (Å²) >= 11 is 0. The maximum Gasteiger partial charge on any atom is 0.318 e. The van der Waals surface area contributed by atoms with Gasteiger partial charge >= 0.3 is 12.0 Å². The molecule has 0 radical (unpaired) electrons. The molecule has 0 unspecified atom stereocenters. The summed E-state index contributed by atoms with van der Waals surface area (Å²) in [5.41, 5.74) is 3.27. The first-order chi connectivity index (χ1) is 18.1. The van der Waals surface area contributed by atoms with Gasteiger partial charge in [0.25, 0.3) is 0 Å². The SMILES string of the molecule is CCOC(=O)C1CCC(n2c3nncc-3c(-c3ccc(NC(=O)NC)cc3)nc2N2CCOCC2)CC1. The number of rotatable bonds is 6. The lowest BCUT2D eigenvalue weighted by atomic mass is 9.85. The lowest BCUT2D eigenvalue weighted by molar-refractivity contribution is -0.149. The third kappa shape index (κ3) is 5.22. The second-order valence-corrected chi connectivity index (χ2v) is 9.35. The summed E-state index contributed by atoms with van der Waals surface area (Å²) in [6, 6.07) is 7.48. The molecule has 2 amide bonds. The van der Waals surface area contributed by atoms with E-state index in [1.54, 1.807) is 13.2 Å². The van der Waals surface area contributed by atoms with Gasteiger partial charge in [0.05, 0.1) is 43.2 Å². The zero-order chi connectivity index (χ0) is 25.8. The quantitative estimate of drug-likeness (QED) is 0.487. The molecule has 3 heterocycles. The van der Waals surface area contributed by atoms with Crippen molar-refractivity contribution >= 4 is 23.6 Å². The third-order valence-corrected chi connectivity index (χ3v) is 7.11. The minimum absolute atomic E-state index is 0.0565. The van der Waals surface area contributed by atoms with Crippen LogP contribution in [0.15, 0.2) is 30.5 Å². The molecule has 1 aliphatic carbocycles. The van der Waals surface area contributed by atoms with Gasteiger partial charge in [0.1, 0.15) is 0 Å². The summed E-state index contributed by atoms with van der Waals surface area (Å²) in [6.45, 7) is 5.00. The Balaban J connectivity index is 1.51. The summed E-state index contributed by atoms with van der Waals surface area (Å²) in [6.07, 6.45) is 4.99. The molecule has 4 aliphatic rings. The van der Waals surface area contributed by atoms with Gasteiger partial charge in [0.15, 0.2) is 5.82 Å². The number of nitrogens with zero attached hydrogens (tertiary/aromatic N) is 5. The van der Waals surface area contributed by atoms with Crippen LogP contribution in [0.1, 0.15) is 38.6 Å². The molecule has 1 aromatic rings. The average Bonchev–Trinajstić information content (AvgIpc) is 3.43. The number of hydrogen-bond donors (Lipinski definition) is 2. The number of esters is 1. The molecule has 5 rings (SSSR count). The van der Waals surface area contributed by atoms with E-state index < -0.39 is 0 Å². The number of anilines is 2. The maximum absolute atomic E-state index is 12.3. The number of fused-ring (bicyclic) bond motifs is 1. The van der Waals surface area contributed by atoms with E-state index in [2.05, 4.69) is 30.3 Å². The molecule has 1 aromatic carbocycles. The fraction of sp³-hybridized carbons (Fsp3) is 0.500. The first-order valence-electron chi connectivity index (χ1n) is 12.9. The molecule has 0 aromatic heterocycles. The molecular weight excluding hydrogens is 474 g/mol. The van der Waals surface area contributed by atoms with Crippen LogP contribution in [0, 0.1) is 5.92 Å². The van der Waals surface area contributed by atoms with Crippen LogP contribution in [-0.4, -0.2) is 71.7 Å². The first-order valence-corrected chi connectivity index (χ1v) is 12.9. The number of carbonyl (C=O) groups is 2. The summed E-state index contributed by atoms with van der Waals surface area (Å²) in [7, 11) is 1.58. The van der Waals surface area contributed by atoms with Crippen LogP contribution in [0.5, 0.6) is 0 Å². The fourth-order valence-corrected chi connectivity index (χ4v) is 5.18. The van der Waals surface area contributed by atoms with Crippen molar-refractivity contribution in [2.75, 3.05) is 50.2 Å². The van der Waals surface area contributed by atoms with Gasteiger partial charge in [-0.1, -0.05) is 12.1 Å². The number of aromatic nitrogens is 4. The van der Waals surface area contributed by atoms with Crippen LogP contribution < -0.4 is 15.5 Å². The van der Waals surface area contributed by atoms with E-state index in [0.717, 1.165) is 67.4 Å². The summed E-state index contributed by atoms with van der Waals surface area (Å²) < 4.78 is 13.1. The Morgan fingerprint density at radius 1 is 1.11 bits per heavy atom. The number of morpholine rings is 1. The van der Waals surface area contributed by atoms with Crippen molar-refractivity contribution in [3.63, 3.8) is 0 Å². The van der Waals surface area contributed by atoms with E-state index in [0.29, 0.717) is 25.5 Å². The standard InChI is InChI=1S/C26H33N7O4/c1-3-37-24(34)18-6-10-20(11-7-18)33-23-21(16-28-31-23)22(30-26(33)32-12-14-36-15-13-32)17-4-8-19(9-5-17)29-25(35)27-2/h4-5,8-9,16,18,20H,3,6-7,10-15H2,1-2H3,(H2,27,29,35). The van der Waals surface area contributed by atoms with Crippen molar-refractivity contribution in [1.82, 2.24) is 25.1 Å². The van der Waals surface area contributed by atoms with Crippen LogP contribution in [0.2, 0.25) is 0 Å². The lowest BCUT2D eigenvalue weighted by Crippen LogP contribution is -2.40. The molecule has 0 spiro atoms. The van der Waals surface area contributed by atoms with E-state index in [4.69, 9.17) is 14.5 Å². The van der Waals surface area contributed by atoms with E-state index in [-0.39, 0.29) is 24.0 Å². The number of ether oxygens (including phenoxy) is 2. The molecular formula is C26H33N7O4. The Hall–Kier alpha value is -3.73. The third-order valence-electron chi connectivity index (χ3n) is 7.11. The van der Waals surface area contributed by atoms with Crippen LogP contribution in [0.25, 0.3) is 22.6 Å². The van der Waals surface area contributed by atoms with Crippen LogP contribution in [-0.2, 0) is 14.3 Å². The highest BCUT2D eigenvalue weighted by atomic mass is 16.5. The smallest absolute Gasteiger partial charge is 0.318 e. The van der Waals surface area contributed by atoms with Gasteiger partial charge in [-0.2, -0.15) is 5.10 Å². The summed E-state index contributed by atoms with van der Waals surface area (Å²) in [5, 5.41) is 14.2. The molecule has 1 saturated heterocycles. The topological polar surface area (TPSA) is 124 Å². The molecule has 2 fully saturated rings. The first kappa shape index (κ1) is 24.9. The van der Waals surface area contributed by atoms with E-state index in [1.807, 2.05) is 31.2 Å². The van der Waals surface area contributed by atoms with E-state index >= 15 is 0 Å². The minimum Gasteiger partial charge on any atom is -0.466 e. The second kappa shape index (κ2) is 11.1. The highest BCUT2D eigenvalue weighted by molar-refractivity contribution is 5.89. The van der Waals surface area contributed by atoms with Gasteiger partial charge < -0.3 is 25.0 Å². The van der Waals surface area contributed by atoms with Crippen molar-refractivity contribution in [2.24, 2.45) is 5.92 Å². The van der Waals surface area contributed by atoms with Gasteiger partial charge in [-0.3, -0.25) is 9.36 Å². The van der Waals surface area contributed by atoms with Crippen molar-refractivity contribution in [2.45, 2.75) is 38.6 Å². The van der Waals surface area contributed by atoms with Gasteiger partial charge in [0.2, 0.25) is 5.95 Å². The number of urea groups is 1. The highest BCUT2D eigenvalue weighted by Crippen LogP contribution is 2.41. The lowest BCUT2D eigenvalue weighted by Gasteiger charge is -2.36. The fourth-order valence-electron chi connectivity index (χ4n) is 5.18. The molecule has 11 heteroatoms. The van der Waals surface area contributed by atoms with Gasteiger partial charge in [-0.25, -0.2) is 9.78 Å². The molecule has 196 valence electrons. The molecule has 2 N–H and O–H groups in total. The molecule has 1 saturated carbocycles. The molecule has 11 nitrogen and oxygen atoms in total. The molecule has 0 bridgehead atoms. The van der Waals surface area contributed by atoms with Crippen molar-refractivity contribution < 1.29 is 19.1 Å². The van der Waals surface area contributed by atoms with Crippen LogP contribution >= 0.6 is 0 Å². The number of amides is 2. The number of nitrogens with one attached hydrogen (secondary N) is 2. The van der Waals surface area contributed by atoms with Crippen LogP contribution in [0.4, 0.5) is 16.4 Å². The summed E-state index contributed by atoms with van der Waals surface area (Å²) in [4.78, 5) is 31.4. The zero-order valence-corrected chi connectivity index (χ0v) is 21.3. The normalized spacial score (nSPS) is 20.0. The Kier molecular flexibility index (Phi) is 7.50. The largest absolute Gasteiger partial charge is 0.466 e. The monoisotopic (exact) mass is 507 g/mol. The van der Waals surface area contributed by atoms with Crippen molar-refractivity contribution in [3.8, 4) is 22.6 Å². The van der Waals surface area contributed by atoms with Crippen LogP contribution in [0.3, 0.4) is 0 Å². The Labute approximate surface area is 215 Å². The molecule has 0 atom stereocenters. The number of hydrogen-bond acceptors (Lipinski definition) is 8. The van der Waals surface area contributed by atoms with Crippen molar-refractivity contribution in [3.05, 3.63) is 30.5 Å². The Morgan fingerprint density at radius 3 is 2.51 bits per heavy atom. The predicted octanol–water partition coefficient (Wildman–Crippen LogP) is 3.33. The number of benzene rings is 1. The van der Waals surface area contributed by atoms with Gasteiger partial charge in [-0.05, 0) is 44.7 Å². The number of carbonyl (C=O) groups excluding carboxylic acids is 2. The van der Waals surface area contributed by atoms with Gasteiger partial charge in [-0.15, -0.1) is 5.10 Å². The average molecular weight is 508 g/mol. The Bertz CT molecular complexity index is 1200. The second-order valence-electron chi connectivity index (χ2n) is 9.35. The molecule has 37 heavy (non-hydrogen) atoms. The predicted molar refractivity (Wildman–Crippen MR) is 139 cm³/mol.